The van der Waals surface area contributed by atoms with E-state index in [9.17, 15) is 19.6 Å². The molecule has 0 fully saturated rings. The summed E-state index contributed by atoms with van der Waals surface area (Å²) in [6.07, 6.45) is 1.21. The fraction of sp³-hybridized carbons (Fsp3) is 0.667. The third-order valence-electron chi connectivity index (χ3n) is 4.37. The summed E-state index contributed by atoms with van der Waals surface area (Å²) >= 11 is 1.26. The number of nitrogens with one attached hydrogen (secondary N) is 5. The zero-order valence-corrected chi connectivity index (χ0v) is 19.0. The Bertz CT molecular complexity index is 728. The van der Waals surface area contributed by atoms with E-state index in [1.54, 1.807) is 20.9 Å². The van der Waals surface area contributed by atoms with Crippen LogP contribution >= 0.6 is 11.3 Å². The van der Waals surface area contributed by atoms with Gasteiger partial charge in [-0.3, -0.25) is 15.0 Å². The monoisotopic (exact) mass is 440 g/mol. The molecule has 0 aliphatic heterocycles. The van der Waals surface area contributed by atoms with Gasteiger partial charge in [-0.2, -0.15) is 0 Å². The number of aryl methyl sites for hydroxylation is 2. The lowest BCUT2D eigenvalue weighted by molar-refractivity contribution is -0.123. The van der Waals surface area contributed by atoms with Crippen molar-refractivity contribution in [2.75, 3.05) is 13.6 Å². The first-order chi connectivity index (χ1) is 14.0. The number of nitrogens with zero attached hydrogens (tertiary/aromatic N) is 1. The third kappa shape index (κ3) is 8.68. The fourth-order valence-corrected chi connectivity index (χ4v) is 3.71. The minimum atomic E-state index is -1.70. The molecule has 0 unspecified atom stereocenters. The maximum absolute atomic E-state index is 12.8. The Kier molecular flexibility index (Phi) is 10.8. The first kappa shape index (κ1) is 25.9. The van der Waals surface area contributed by atoms with Gasteiger partial charge in [0.25, 0.3) is 5.91 Å². The van der Waals surface area contributed by atoms with Crippen molar-refractivity contribution < 1.29 is 19.6 Å². The molecule has 10 nitrogen and oxygen atoms in total. The van der Waals surface area contributed by atoms with Crippen molar-refractivity contribution in [3.8, 4) is 0 Å². The van der Waals surface area contributed by atoms with E-state index >= 15 is 0 Å². The molecule has 0 spiro atoms. The summed E-state index contributed by atoms with van der Waals surface area (Å²) in [6.45, 7) is 7.81. The molecule has 168 valence electrons. The Morgan fingerprint density at radius 3 is 2.40 bits per heavy atom. The van der Waals surface area contributed by atoms with Crippen molar-refractivity contribution in [3.05, 3.63) is 15.6 Å². The van der Waals surface area contributed by atoms with Crippen LogP contribution < -0.4 is 21.3 Å². The number of aromatic nitrogens is 1. The van der Waals surface area contributed by atoms with Crippen LogP contribution in [0.3, 0.4) is 0 Å². The Balaban J connectivity index is 2.86. The first-order valence-electron chi connectivity index (χ1n) is 9.96. The van der Waals surface area contributed by atoms with Crippen molar-refractivity contribution in [2.45, 2.75) is 58.9 Å². The Morgan fingerprint density at radius 1 is 1.23 bits per heavy atom. The molecular weight excluding hydrogens is 407 g/mol. The van der Waals surface area contributed by atoms with E-state index in [0.717, 1.165) is 5.01 Å². The number of carbonyl (C=O) groups is 2. The minimum absolute atomic E-state index is 0.143. The molecule has 1 rings (SSSR count). The maximum Gasteiger partial charge on any atom is 0.475 e. The lowest BCUT2D eigenvalue weighted by Crippen LogP contribution is -2.54. The van der Waals surface area contributed by atoms with Crippen LogP contribution in [0.2, 0.25) is 0 Å². The lowest BCUT2D eigenvalue weighted by Gasteiger charge is -2.24. The highest BCUT2D eigenvalue weighted by atomic mass is 32.1. The van der Waals surface area contributed by atoms with Gasteiger partial charge in [0.2, 0.25) is 5.91 Å². The zero-order valence-electron chi connectivity index (χ0n) is 18.2. The van der Waals surface area contributed by atoms with Gasteiger partial charge in [-0.05, 0) is 39.0 Å². The molecule has 1 aromatic heterocycles. The second-order valence-electron chi connectivity index (χ2n) is 7.53. The van der Waals surface area contributed by atoms with E-state index in [1.807, 2.05) is 13.8 Å². The third-order valence-corrected chi connectivity index (χ3v) is 5.44. The number of hydrogen-bond acceptors (Lipinski definition) is 7. The van der Waals surface area contributed by atoms with E-state index in [0.29, 0.717) is 36.4 Å². The molecule has 2 atom stereocenters. The van der Waals surface area contributed by atoms with Crippen LogP contribution in [0.1, 0.15) is 53.5 Å². The van der Waals surface area contributed by atoms with E-state index in [-0.39, 0.29) is 17.8 Å². The van der Waals surface area contributed by atoms with Crippen LogP contribution in [0.4, 0.5) is 0 Å². The van der Waals surface area contributed by atoms with Gasteiger partial charge in [0.15, 0.2) is 5.96 Å². The molecule has 0 aromatic carbocycles. The number of hydrogen-bond donors (Lipinski definition) is 7. The standard InChI is InChI=1S/C18H33BN6O4S/c1-10(2)9-14(19(28)29)25-16(26)13(7-6-8-22-18(20)21-5)24-17(27)15-11(3)23-12(4)30-15/h10,13-14,28-29H,6-9H2,1-5H3,(H,24,27)(H,25,26)(H3,20,21,22)/t13-,14-/m0/s1. The van der Waals surface area contributed by atoms with Gasteiger partial charge in [-0.25, -0.2) is 4.98 Å². The molecule has 7 N–H and O–H groups in total. The lowest BCUT2D eigenvalue weighted by atomic mass is 9.75. The smallest absolute Gasteiger partial charge is 0.426 e. The van der Waals surface area contributed by atoms with E-state index < -0.39 is 25.0 Å². The quantitative estimate of drug-likeness (QED) is 0.110. The molecule has 0 aliphatic carbocycles. The average Bonchev–Trinajstić information content (AvgIpc) is 3.00. The van der Waals surface area contributed by atoms with Gasteiger partial charge in [-0.1, -0.05) is 13.8 Å². The van der Waals surface area contributed by atoms with Crippen LogP contribution in [-0.2, 0) is 4.79 Å². The summed E-state index contributed by atoms with van der Waals surface area (Å²) < 4.78 is 0. The Hall–Kier alpha value is -2.18. The van der Waals surface area contributed by atoms with Crippen molar-refractivity contribution in [1.82, 2.24) is 26.3 Å². The molecule has 1 heterocycles. The topological polar surface area (TPSA) is 159 Å². The summed E-state index contributed by atoms with van der Waals surface area (Å²) in [4.78, 5) is 30.2. The number of guanidine groups is 1. The van der Waals surface area contributed by atoms with Crippen LogP contribution in [0.5, 0.6) is 0 Å². The van der Waals surface area contributed by atoms with Crippen molar-refractivity contribution >= 4 is 36.2 Å². The Labute approximate surface area is 181 Å². The molecule has 30 heavy (non-hydrogen) atoms. The van der Waals surface area contributed by atoms with Gasteiger partial charge < -0.3 is 31.3 Å². The molecule has 0 saturated carbocycles. The summed E-state index contributed by atoms with van der Waals surface area (Å²) in [5.41, 5.74) is 0.599. The largest absolute Gasteiger partial charge is 0.475 e. The van der Waals surface area contributed by atoms with Crippen molar-refractivity contribution in [3.63, 3.8) is 0 Å². The zero-order chi connectivity index (χ0) is 22.8. The van der Waals surface area contributed by atoms with Crippen LogP contribution in [0.25, 0.3) is 0 Å². The minimum Gasteiger partial charge on any atom is -0.426 e. The summed E-state index contributed by atoms with van der Waals surface area (Å²) in [7, 11) is -0.0721. The molecule has 0 aliphatic rings. The highest BCUT2D eigenvalue weighted by Crippen LogP contribution is 2.17. The second kappa shape index (κ2) is 12.5. The van der Waals surface area contributed by atoms with Crippen LogP contribution in [0, 0.1) is 25.2 Å². The van der Waals surface area contributed by atoms with E-state index in [4.69, 9.17) is 5.41 Å². The average molecular weight is 440 g/mol. The van der Waals surface area contributed by atoms with Crippen LogP contribution in [0.15, 0.2) is 0 Å². The Morgan fingerprint density at radius 2 is 1.90 bits per heavy atom. The molecule has 0 bridgehead atoms. The number of rotatable bonds is 11. The molecule has 1 aromatic rings. The predicted octanol–water partition coefficient (Wildman–Crippen LogP) is -0.0748. The summed E-state index contributed by atoms with van der Waals surface area (Å²) in [5, 5.41) is 38.4. The fourth-order valence-electron chi connectivity index (χ4n) is 2.89. The van der Waals surface area contributed by atoms with E-state index in [1.165, 1.54) is 11.3 Å². The van der Waals surface area contributed by atoms with E-state index in [2.05, 4.69) is 26.3 Å². The predicted molar refractivity (Wildman–Crippen MR) is 118 cm³/mol. The van der Waals surface area contributed by atoms with Crippen molar-refractivity contribution in [1.29, 1.82) is 5.41 Å². The summed E-state index contributed by atoms with van der Waals surface area (Å²) in [5.74, 6) is -1.40. The highest BCUT2D eigenvalue weighted by Gasteiger charge is 2.30. The molecule has 12 heteroatoms. The second-order valence-corrected chi connectivity index (χ2v) is 8.73. The SMILES string of the molecule is CNC(=N)NCCC[C@H](NC(=O)c1sc(C)nc1C)C(=O)N[C@@H](CC(C)C)B(O)O. The number of carbonyl (C=O) groups excluding carboxylic acids is 2. The molecular formula is C18H33BN6O4S. The highest BCUT2D eigenvalue weighted by molar-refractivity contribution is 7.13. The molecule has 0 radical (unpaired) electrons. The van der Waals surface area contributed by atoms with Gasteiger partial charge in [0.1, 0.15) is 10.9 Å². The molecule has 2 amide bonds. The van der Waals surface area contributed by atoms with Gasteiger partial charge >= 0.3 is 7.12 Å². The number of thiazole rings is 1. The van der Waals surface area contributed by atoms with Gasteiger partial charge in [-0.15, -0.1) is 11.3 Å². The molecule has 0 saturated heterocycles. The normalized spacial score (nSPS) is 12.8. The van der Waals surface area contributed by atoms with Gasteiger partial charge in [0, 0.05) is 13.6 Å². The number of amides is 2. The maximum atomic E-state index is 12.8. The van der Waals surface area contributed by atoms with Crippen molar-refractivity contribution in [2.24, 2.45) is 5.92 Å². The van der Waals surface area contributed by atoms with Gasteiger partial charge in [0.05, 0.1) is 16.6 Å². The summed E-state index contributed by atoms with van der Waals surface area (Å²) in [6, 6.07) is -0.863. The van der Waals surface area contributed by atoms with Crippen LogP contribution in [-0.4, -0.2) is 65.5 Å². The first-order valence-corrected chi connectivity index (χ1v) is 10.8.